The molecule has 0 aromatic heterocycles. The summed E-state index contributed by atoms with van der Waals surface area (Å²) in [6.45, 7) is 1.85. The molecule has 0 amide bonds. The third kappa shape index (κ3) is 3.08. The van der Waals surface area contributed by atoms with Crippen LogP contribution in [0.3, 0.4) is 0 Å². The first-order chi connectivity index (χ1) is 8.12. The highest BCUT2D eigenvalue weighted by atomic mass is 16.5. The average Bonchev–Trinajstić information content (AvgIpc) is 2.35. The van der Waals surface area contributed by atoms with E-state index in [1.165, 1.54) is 13.2 Å². The minimum atomic E-state index is -0.545. The number of hydrogen-bond donors (Lipinski definition) is 0. The van der Waals surface area contributed by atoms with Gasteiger partial charge in [0.1, 0.15) is 11.8 Å². The molecule has 1 aromatic carbocycles. The second-order valence-corrected chi connectivity index (χ2v) is 3.37. The first kappa shape index (κ1) is 12.8. The Morgan fingerprint density at radius 3 is 2.59 bits per heavy atom. The average molecular weight is 231 g/mol. The standard InChI is InChI=1S/C13H13NO3/c1-9-6-11(16-2)4-5-12(9)10(8-14)7-13(15)17-3/h4-7H,1-3H3. The van der Waals surface area contributed by atoms with Crippen molar-refractivity contribution in [3.63, 3.8) is 0 Å². The number of allylic oxidation sites excluding steroid dienone is 1. The molecular formula is C13H13NO3. The topological polar surface area (TPSA) is 59.3 Å². The number of methoxy groups -OCH3 is 2. The highest BCUT2D eigenvalue weighted by Gasteiger charge is 2.08. The number of carbonyl (C=O) groups is 1. The van der Waals surface area contributed by atoms with Gasteiger partial charge in [0.15, 0.2) is 0 Å². The molecule has 0 heterocycles. The van der Waals surface area contributed by atoms with Crippen LogP contribution in [-0.4, -0.2) is 20.2 Å². The maximum atomic E-state index is 11.1. The lowest BCUT2D eigenvalue weighted by molar-refractivity contribution is -0.134. The maximum Gasteiger partial charge on any atom is 0.331 e. The molecule has 17 heavy (non-hydrogen) atoms. The lowest BCUT2D eigenvalue weighted by atomic mass is 10.0. The molecule has 0 saturated heterocycles. The van der Waals surface area contributed by atoms with Gasteiger partial charge in [0.2, 0.25) is 0 Å². The summed E-state index contributed by atoms with van der Waals surface area (Å²) < 4.78 is 9.57. The van der Waals surface area contributed by atoms with Crippen LogP contribution in [-0.2, 0) is 9.53 Å². The molecular weight excluding hydrogens is 218 g/mol. The Morgan fingerprint density at radius 2 is 2.12 bits per heavy atom. The van der Waals surface area contributed by atoms with Gasteiger partial charge in [-0.1, -0.05) is 0 Å². The van der Waals surface area contributed by atoms with Crippen LogP contribution >= 0.6 is 0 Å². The van der Waals surface area contributed by atoms with Gasteiger partial charge in [0, 0.05) is 6.08 Å². The molecule has 0 N–H and O–H groups in total. The predicted molar refractivity (Wildman–Crippen MR) is 63.3 cm³/mol. The third-order valence-electron chi connectivity index (χ3n) is 2.31. The largest absolute Gasteiger partial charge is 0.497 e. The van der Waals surface area contributed by atoms with E-state index >= 15 is 0 Å². The lowest BCUT2D eigenvalue weighted by Crippen LogP contribution is -1.97. The molecule has 0 spiro atoms. The van der Waals surface area contributed by atoms with Gasteiger partial charge < -0.3 is 9.47 Å². The molecule has 0 saturated carbocycles. The number of hydrogen-bond acceptors (Lipinski definition) is 4. The van der Waals surface area contributed by atoms with Gasteiger partial charge in [0.05, 0.1) is 19.8 Å². The van der Waals surface area contributed by atoms with Crippen LogP contribution in [0.4, 0.5) is 0 Å². The van der Waals surface area contributed by atoms with Crippen molar-refractivity contribution in [2.75, 3.05) is 14.2 Å². The van der Waals surface area contributed by atoms with E-state index in [1.807, 2.05) is 13.0 Å². The third-order valence-corrected chi connectivity index (χ3v) is 2.31. The molecule has 4 nitrogen and oxygen atoms in total. The molecule has 0 radical (unpaired) electrons. The molecule has 0 bridgehead atoms. The Balaban J connectivity index is 3.19. The Bertz CT molecular complexity index is 498. The number of nitrogens with zero attached hydrogens (tertiary/aromatic N) is 1. The summed E-state index contributed by atoms with van der Waals surface area (Å²) in [4.78, 5) is 11.1. The minimum absolute atomic E-state index is 0.275. The Labute approximate surface area is 100 Å². The SMILES string of the molecule is COC(=O)C=C(C#N)c1ccc(OC)cc1C. The Kier molecular flexibility index (Phi) is 4.29. The predicted octanol–water partition coefficient (Wildman–Crippen LogP) is 2.08. The summed E-state index contributed by atoms with van der Waals surface area (Å²) >= 11 is 0. The molecule has 0 unspecified atom stereocenters. The number of benzene rings is 1. The van der Waals surface area contributed by atoms with E-state index in [-0.39, 0.29) is 5.57 Å². The first-order valence-corrected chi connectivity index (χ1v) is 4.97. The Hall–Kier alpha value is -2.28. The summed E-state index contributed by atoms with van der Waals surface area (Å²) in [7, 11) is 2.85. The maximum absolute atomic E-state index is 11.1. The van der Waals surface area contributed by atoms with Crippen LogP contribution in [0.5, 0.6) is 5.75 Å². The fourth-order valence-corrected chi connectivity index (χ4v) is 1.41. The van der Waals surface area contributed by atoms with Gasteiger partial charge in [-0.2, -0.15) is 5.26 Å². The normalized spacial score (nSPS) is 10.6. The number of carbonyl (C=O) groups excluding carboxylic acids is 1. The van der Waals surface area contributed by atoms with Crippen LogP contribution in [0, 0.1) is 18.3 Å². The molecule has 4 heteroatoms. The van der Waals surface area contributed by atoms with Gasteiger partial charge in [0.25, 0.3) is 0 Å². The van der Waals surface area contributed by atoms with Crippen molar-refractivity contribution < 1.29 is 14.3 Å². The van der Waals surface area contributed by atoms with Crippen molar-refractivity contribution in [1.82, 2.24) is 0 Å². The van der Waals surface area contributed by atoms with E-state index < -0.39 is 5.97 Å². The first-order valence-electron chi connectivity index (χ1n) is 4.97. The molecule has 0 aliphatic heterocycles. The summed E-state index contributed by atoms with van der Waals surface area (Å²) in [6.07, 6.45) is 1.18. The monoisotopic (exact) mass is 231 g/mol. The van der Waals surface area contributed by atoms with Crippen molar-refractivity contribution in [3.05, 3.63) is 35.4 Å². The van der Waals surface area contributed by atoms with Crippen molar-refractivity contribution >= 4 is 11.5 Å². The van der Waals surface area contributed by atoms with Crippen molar-refractivity contribution in [2.24, 2.45) is 0 Å². The fraction of sp³-hybridized carbons (Fsp3) is 0.231. The van der Waals surface area contributed by atoms with E-state index in [2.05, 4.69) is 4.74 Å². The van der Waals surface area contributed by atoms with E-state index in [1.54, 1.807) is 25.3 Å². The molecule has 88 valence electrons. The summed E-state index contributed by atoms with van der Waals surface area (Å²) in [5.41, 5.74) is 1.83. The Morgan fingerprint density at radius 1 is 1.41 bits per heavy atom. The summed E-state index contributed by atoms with van der Waals surface area (Å²) in [5.74, 6) is 0.165. The van der Waals surface area contributed by atoms with Crippen LogP contribution < -0.4 is 4.74 Å². The highest BCUT2D eigenvalue weighted by molar-refractivity contribution is 5.95. The lowest BCUT2D eigenvalue weighted by Gasteiger charge is -2.06. The molecule has 0 fully saturated rings. The van der Waals surface area contributed by atoms with Gasteiger partial charge in [-0.15, -0.1) is 0 Å². The smallest absolute Gasteiger partial charge is 0.331 e. The van der Waals surface area contributed by atoms with Gasteiger partial charge >= 0.3 is 5.97 Å². The second-order valence-electron chi connectivity index (χ2n) is 3.37. The molecule has 0 aliphatic carbocycles. The van der Waals surface area contributed by atoms with Gasteiger partial charge in [-0.3, -0.25) is 0 Å². The zero-order valence-electron chi connectivity index (χ0n) is 9.98. The molecule has 1 aromatic rings. The fourth-order valence-electron chi connectivity index (χ4n) is 1.41. The quantitative estimate of drug-likeness (QED) is 0.454. The van der Waals surface area contributed by atoms with Crippen LogP contribution in [0.15, 0.2) is 24.3 Å². The highest BCUT2D eigenvalue weighted by Crippen LogP contribution is 2.23. The van der Waals surface area contributed by atoms with Crippen LogP contribution in [0.1, 0.15) is 11.1 Å². The van der Waals surface area contributed by atoms with Gasteiger partial charge in [-0.25, -0.2) is 4.79 Å². The van der Waals surface area contributed by atoms with Crippen LogP contribution in [0.2, 0.25) is 0 Å². The number of aryl methyl sites for hydroxylation is 1. The number of esters is 1. The van der Waals surface area contributed by atoms with E-state index in [0.29, 0.717) is 11.3 Å². The summed E-state index contributed by atoms with van der Waals surface area (Å²) in [5, 5.41) is 9.02. The zero-order valence-corrected chi connectivity index (χ0v) is 9.98. The van der Waals surface area contributed by atoms with Crippen LogP contribution in [0.25, 0.3) is 5.57 Å². The minimum Gasteiger partial charge on any atom is -0.497 e. The van der Waals surface area contributed by atoms with E-state index in [4.69, 9.17) is 10.00 Å². The van der Waals surface area contributed by atoms with Crippen molar-refractivity contribution in [1.29, 1.82) is 5.26 Å². The number of nitriles is 1. The zero-order chi connectivity index (χ0) is 12.8. The number of ether oxygens (including phenoxy) is 2. The molecule has 0 atom stereocenters. The van der Waals surface area contributed by atoms with Gasteiger partial charge in [-0.05, 0) is 36.2 Å². The molecule has 0 aliphatic rings. The summed E-state index contributed by atoms with van der Waals surface area (Å²) in [6, 6.07) is 7.27. The van der Waals surface area contributed by atoms with Crippen molar-refractivity contribution in [3.8, 4) is 11.8 Å². The molecule has 1 rings (SSSR count). The number of rotatable bonds is 3. The van der Waals surface area contributed by atoms with E-state index in [9.17, 15) is 4.79 Å². The van der Waals surface area contributed by atoms with Crippen molar-refractivity contribution in [2.45, 2.75) is 6.92 Å². The van der Waals surface area contributed by atoms with E-state index in [0.717, 1.165) is 5.56 Å². The second kappa shape index (κ2) is 5.71.